The van der Waals surface area contributed by atoms with Gasteiger partial charge in [0.2, 0.25) is 0 Å². The largest absolute Gasteiger partial charge is 0.598 e. The smallest absolute Gasteiger partial charge is 0.136 e. The molecule has 1 saturated heterocycles. The highest BCUT2D eigenvalue weighted by atomic mass is 79.9. The van der Waals surface area contributed by atoms with Crippen molar-refractivity contribution in [1.29, 1.82) is 0 Å². The van der Waals surface area contributed by atoms with Crippen molar-refractivity contribution in [2.45, 2.75) is 31.6 Å². The topological polar surface area (TPSA) is 44.3 Å². The lowest BCUT2D eigenvalue weighted by Crippen LogP contribution is -2.56. The van der Waals surface area contributed by atoms with Crippen LogP contribution in [0.3, 0.4) is 0 Å². The molecule has 0 saturated carbocycles. The van der Waals surface area contributed by atoms with Gasteiger partial charge in [-0.1, -0.05) is 43.5 Å². The number of hydrogen-bond acceptors (Lipinski definition) is 3. The van der Waals surface area contributed by atoms with E-state index < -0.39 is 11.4 Å². The molecule has 0 radical (unpaired) electrons. The zero-order chi connectivity index (χ0) is 16.5. The Kier molecular flexibility index (Phi) is 6.31. The highest BCUT2D eigenvalue weighted by Crippen LogP contribution is 2.44. The lowest BCUT2D eigenvalue weighted by molar-refractivity contribution is -0.114. The van der Waals surface area contributed by atoms with Crippen molar-refractivity contribution in [3.63, 3.8) is 0 Å². The van der Waals surface area contributed by atoms with Crippen LogP contribution in [-0.2, 0) is 16.1 Å². The second-order valence-electron chi connectivity index (χ2n) is 6.62. The van der Waals surface area contributed by atoms with Gasteiger partial charge in [-0.15, -0.1) is 4.72 Å². The van der Waals surface area contributed by atoms with Gasteiger partial charge >= 0.3 is 0 Å². The zero-order valence-corrected chi connectivity index (χ0v) is 17.5. The van der Waals surface area contributed by atoms with E-state index in [2.05, 4.69) is 36.6 Å². The molecule has 1 aromatic rings. The average Bonchev–Trinajstić information content (AvgIpc) is 2.34. The first kappa shape index (κ1) is 19.0. The van der Waals surface area contributed by atoms with Gasteiger partial charge in [-0.25, -0.2) is 0 Å². The maximum atomic E-state index is 12.6. The number of nitrogens with one attached hydrogen (secondary N) is 1. The molecule has 0 aromatic heterocycles. The molecule has 0 amide bonds. The summed E-state index contributed by atoms with van der Waals surface area (Å²) in [4.78, 5) is 0. The molecule has 22 heavy (non-hydrogen) atoms. The summed E-state index contributed by atoms with van der Waals surface area (Å²) in [6.07, 6.45) is 0. The monoisotopic (exact) mass is 471 g/mol. The molecule has 2 unspecified atom stereocenters. The van der Waals surface area contributed by atoms with E-state index in [1.165, 1.54) is 0 Å². The van der Waals surface area contributed by atoms with Gasteiger partial charge in [0.15, 0.2) is 0 Å². The van der Waals surface area contributed by atoms with Crippen molar-refractivity contribution in [1.82, 2.24) is 4.72 Å². The first-order valence-electron chi connectivity index (χ1n) is 6.96. The molecule has 2 rings (SSSR count). The quantitative estimate of drug-likeness (QED) is 0.502. The summed E-state index contributed by atoms with van der Waals surface area (Å²) in [6, 6.07) is 5.69. The van der Waals surface area contributed by atoms with Crippen LogP contribution >= 0.6 is 43.5 Å². The van der Waals surface area contributed by atoms with Crippen LogP contribution in [0.25, 0.3) is 0 Å². The predicted molar refractivity (Wildman–Crippen MR) is 100.0 cm³/mol. The second-order valence-corrected chi connectivity index (χ2v) is 10.5. The normalized spacial score (nSPS) is 20.3. The van der Waals surface area contributed by atoms with Gasteiger partial charge in [-0.2, -0.15) is 0 Å². The third-order valence-corrected chi connectivity index (χ3v) is 7.01. The van der Waals surface area contributed by atoms with Crippen LogP contribution in [0.1, 0.15) is 32.4 Å². The Bertz CT molecular complexity index is 509. The van der Waals surface area contributed by atoms with Crippen molar-refractivity contribution in [3.05, 3.63) is 33.3 Å². The zero-order valence-electron chi connectivity index (χ0n) is 12.8. The van der Waals surface area contributed by atoms with E-state index in [4.69, 9.17) is 16.3 Å². The summed E-state index contributed by atoms with van der Waals surface area (Å²) in [7, 11) is 0. The third kappa shape index (κ3) is 4.21. The van der Waals surface area contributed by atoms with Crippen molar-refractivity contribution >= 4 is 54.8 Å². The molecule has 2 atom stereocenters. The van der Waals surface area contributed by atoms with Crippen LogP contribution in [0.2, 0.25) is 5.02 Å². The van der Waals surface area contributed by atoms with Gasteiger partial charge in [0, 0.05) is 26.2 Å². The lowest BCUT2D eigenvalue weighted by atomic mass is 9.77. The number of benzene rings is 1. The number of ether oxygens (including phenoxy) is 1. The molecule has 7 heteroatoms. The molecule has 3 nitrogen and oxygen atoms in total. The Balaban J connectivity index is 2.37. The predicted octanol–water partition coefficient (Wildman–Crippen LogP) is 4.61. The molecule has 124 valence electrons. The summed E-state index contributed by atoms with van der Waals surface area (Å²) in [6.45, 7) is 7.13. The van der Waals surface area contributed by atoms with Crippen LogP contribution in [0.4, 0.5) is 0 Å². The van der Waals surface area contributed by atoms with E-state index in [-0.39, 0.29) is 16.2 Å². The fourth-order valence-corrected chi connectivity index (χ4v) is 4.74. The summed E-state index contributed by atoms with van der Waals surface area (Å²) < 4.78 is 21.9. The van der Waals surface area contributed by atoms with Crippen molar-refractivity contribution < 1.29 is 9.29 Å². The van der Waals surface area contributed by atoms with Crippen LogP contribution < -0.4 is 4.72 Å². The van der Waals surface area contributed by atoms with Gasteiger partial charge in [-0.05, 0) is 44.5 Å². The van der Waals surface area contributed by atoms with Crippen molar-refractivity contribution in [2.24, 2.45) is 5.41 Å². The highest BCUT2D eigenvalue weighted by Gasteiger charge is 2.48. The van der Waals surface area contributed by atoms with E-state index in [1.54, 1.807) is 0 Å². The molecule has 1 aliphatic rings. The van der Waals surface area contributed by atoms with Crippen LogP contribution in [0.15, 0.2) is 22.7 Å². The second kappa shape index (κ2) is 7.30. The Morgan fingerprint density at radius 1 is 1.41 bits per heavy atom. The minimum atomic E-state index is -1.18. The van der Waals surface area contributed by atoms with Crippen molar-refractivity contribution in [2.75, 3.05) is 18.5 Å². The summed E-state index contributed by atoms with van der Waals surface area (Å²) in [5.74, 6) is 0. The molecule has 1 N–H and O–H groups in total. The Morgan fingerprint density at radius 3 is 2.45 bits per heavy atom. The van der Waals surface area contributed by atoms with Gasteiger partial charge in [0.25, 0.3) is 0 Å². The molecule has 0 spiro atoms. The first-order chi connectivity index (χ1) is 10.2. The van der Waals surface area contributed by atoms with Gasteiger partial charge in [0.1, 0.15) is 4.75 Å². The SMILES string of the molecule is CC(C)(C)[S+]([O-])NC(c1cc(Cl)cc(Br)c1)C1(CBr)COC1. The standard InChI is InChI=1S/C15H20Br2ClNO2S/c1-14(2,3)22(20)19-13(15(7-16)8-21-9-15)10-4-11(17)6-12(18)5-10/h4-6,13,19H,7-9H2,1-3H3. The van der Waals surface area contributed by atoms with Crippen LogP contribution in [0, 0.1) is 5.41 Å². The molecular formula is C15H20Br2ClNO2S. The maximum Gasteiger partial charge on any atom is 0.136 e. The van der Waals surface area contributed by atoms with E-state index >= 15 is 0 Å². The Hall–Kier alpha value is 0.700. The fraction of sp³-hybridized carbons (Fsp3) is 0.600. The summed E-state index contributed by atoms with van der Waals surface area (Å²) in [5, 5.41) is 1.42. The highest BCUT2D eigenvalue weighted by molar-refractivity contribution is 9.10. The van der Waals surface area contributed by atoms with Gasteiger partial charge in [0.05, 0.1) is 24.7 Å². The summed E-state index contributed by atoms with van der Waals surface area (Å²) >= 11 is 12.1. The number of alkyl halides is 1. The van der Waals surface area contributed by atoms with E-state index in [9.17, 15) is 4.55 Å². The molecule has 0 bridgehead atoms. The number of hydrogen-bond donors (Lipinski definition) is 1. The van der Waals surface area contributed by atoms with Gasteiger partial charge < -0.3 is 9.29 Å². The molecule has 1 aliphatic heterocycles. The number of halogens is 3. The third-order valence-electron chi connectivity index (χ3n) is 3.66. The minimum Gasteiger partial charge on any atom is -0.598 e. The number of rotatable bonds is 5. The lowest BCUT2D eigenvalue weighted by Gasteiger charge is -2.46. The van der Waals surface area contributed by atoms with E-state index in [0.29, 0.717) is 18.2 Å². The molecule has 1 aromatic carbocycles. The molecule has 0 aliphatic carbocycles. The van der Waals surface area contributed by atoms with E-state index in [1.807, 2.05) is 39.0 Å². The van der Waals surface area contributed by atoms with Crippen LogP contribution in [0.5, 0.6) is 0 Å². The summed E-state index contributed by atoms with van der Waals surface area (Å²) in [5.41, 5.74) is 0.894. The van der Waals surface area contributed by atoms with Crippen LogP contribution in [-0.4, -0.2) is 27.8 Å². The van der Waals surface area contributed by atoms with Crippen molar-refractivity contribution in [3.8, 4) is 0 Å². The molecular weight excluding hydrogens is 453 g/mol. The molecule has 1 fully saturated rings. The molecule has 1 heterocycles. The maximum absolute atomic E-state index is 12.6. The van der Waals surface area contributed by atoms with Gasteiger partial charge in [-0.3, -0.25) is 0 Å². The Morgan fingerprint density at radius 2 is 2.05 bits per heavy atom. The first-order valence-corrected chi connectivity index (χ1v) is 10.4. The average molecular weight is 474 g/mol. The minimum absolute atomic E-state index is 0.101. The van der Waals surface area contributed by atoms with E-state index in [0.717, 1.165) is 15.4 Å². The Labute approximate surface area is 157 Å². The fourth-order valence-electron chi connectivity index (χ4n) is 2.26.